The van der Waals surface area contributed by atoms with Crippen molar-refractivity contribution in [3.63, 3.8) is 0 Å². The van der Waals surface area contributed by atoms with Crippen LogP contribution in [-0.2, 0) is 4.79 Å². The molecule has 1 rings (SSSR count). The van der Waals surface area contributed by atoms with Crippen LogP contribution in [0.4, 0.5) is 5.69 Å². The number of carboxylic acids is 1. The molecule has 1 atom stereocenters. The number of halogens is 1. The van der Waals surface area contributed by atoms with E-state index >= 15 is 0 Å². The van der Waals surface area contributed by atoms with Crippen molar-refractivity contribution in [3.05, 3.63) is 28.2 Å². The number of benzene rings is 1. The first-order valence-corrected chi connectivity index (χ1v) is 6.77. The normalized spacial score (nSPS) is 11.9. The van der Waals surface area contributed by atoms with E-state index in [1.165, 1.54) is 0 Å². The van der Waals surface area contributed by atoms with Crippen molar-refractivity contribution < 1.29 is 14.7 Å². The van der Waals surface area contributed by atoms with Crippen molar-refractivity contribution in [2.24, 2.45) is 5.73 Å². The fourth-order valence-electron chi connectivity index (χ4n) is 1.74. The third-order valence-electron chi connectivity index (χ3n) is 2.68. The molecule has 19 heavy (non-hydrogen) atoms. The molecule has 104 valence electrons. The van der Waals surface area contributed by atoms with E-state index in [4.69, 9.17) is 10.8 Å². The number of rotatable bonds is 7. The Kier molecular flexibility index (Phi) is 5.82. The highest BCUT2D eigenvalue weighted by atomic mass is 79.9. The molecule has 5 nitrogen and oxygen atoms in total. The molecule has 4 N–H and O–H groups in total. The van der Waals surface area contributed by atoms with Crippen molar-refractivity contribution in [1.82, 2.24) is 0 Å². The Morgan fingerprint density at radius 2 is 2.16 bits per heavy atom. The molecule has 0 fully saturated rings. The van der Waals surface area contributed by atoms with Crippen LogP contribution >= 0.6 is 15.9 Å². The van der Waals surface area contributed by atoms with Crippen LogP contribution in [0.5, 0.6) is 0 Å². The topological polar surface area (TPSA) is 92.4 Å². The number of carbonyl (C=O) groups excluding carboxylic acids is 1. The van der Waals surface area contributed by atoms with Crippen LogP contribution in [0.2, 0.25) is 0 Å². The van der Waals surface area contributed by atoms with Gasteiger partial charge in [0.2, 0.25) is 0 Å². The number of carboxylic acid groups (broad SMARTS) is 1. The number of nitrogens with two attached hydrogens (primary N) is 1. The second-order valence-electron chi connectivity index (χ2n) is 4.39. The van der Waals surface area contributed by atoms with Gasteiger partial charge in [-0.15, -0.1) is 0 Å². The summed E-state index contributed by atoms with van der Waals surface area (Å²) in [6.07, 6.45) is 1.45. The molecule has 1 amide bonds. The summed E-state index contributed by atoms with van der Waals surface area (Å²) >= 11 is 3.29. The number of nitrogens with one attached hydrogen (secondary N) is 1. The third-order valence-corrected chi connectivity index (χ3v) is 3.17. The minimum absolute atomic E-state index is 0.0682. The standard InChI is InChI=1S/C13H17BrN2O3/c1-8(3-2-4-12(17)18)16-11-6-5-9(14)7-10(11)13(15)19/h5-8,16H,2-4H2,1H3,(H2,15,19)(H,17,18). The fourth-order valence-corrected chi connectivity index (χ4v) is 2.10. The summed E-state index contributed by atoms with van der Waals surface area (Å²) in [5.74, 6) is -1.30. The van der Waals surface area contributed by atoms with Crippen LogP contribution in [-0.4, -0.2) is 23.0 Å². The maximum Gasteiger partial charge on any atom is 0.303 e. The van der Waals surface area contributed by atoms with Gasteiger partial charge in [0.25, 0.3) is 5.91 Å². The Bertz CT molecular complexity index is 477. The number of carbonyl (C=O) groups is 2. The van der Waals surface area contributed by atoms with Gasteiger partial charge in [-0.05, 0) is 38.0 Å². The summed E-state index contributed by atoms with van der Waals surface area (Å²) in [6.45, 7) is 1.94. The zero-order chi connectivity index (χ0) is 14.4. The van der Waals surface area contributed by atoms with E-state index < -0.39 is 11.9 Å². The molecule has 0 aliphatic heterocycles. The zero-order valence-electron chi connectivity index (χ0n) is 10.6. The molecular formula is C13H17BrN2O3. The average Bonchev–Trinajstić information content (AvgIpc) is 2.30. The molecule has 0 spiro atoms. The van der Waals surface area contributed by atoms with E-state index in [-0.39, 0.29) is 12.5 Å². The molecule has 0 aromatic heterocycles. The summed E-state index contributed by atoms with van der Waals surface area (Å²) in [5, 5.41) is 11.8. The Balaban J connectivity index is 2.65. The lowest BCUT2D eigenvalue weighted by atomic mass is 10.1. The van der Waals surface area contributed by atoms with E-state index in [2.05, 4.69) is 21.2 Å². The molecule has 0 radical (unpaired) electrons. The summed E-state index contributed by atoms with van der Waals surface area (Å²) < 4.78 is 0.783. The van der Waals surface area contributed by atoms with E-state index in [0.717, 1.165) is 4.47 Å². The first-order valence-electron chi connectivity index (χ1n) is 5.98. The summed E-state index contributed by atoms with van der Waals surface area (Å²) in [5.41, 5.74) is 6.40. The predicted octanol–water partition coefficient (Wildman–Crippen LogP) is 2.60. The van der Waals surface area contributed by atoms with Gasteiger partial charge in [0.15, 0.2) is 0 Å². The van der Waals surface area contributed by atoms with Crippen LogP contribution in [0.25, 0.3) is 0 Å². The van der Waals surface area contributed by atoms with Crippen molar-refractivity contribution in [2.45, 2.75) is 32.2 Å². The summed E-state index contributed by atoms with van der Waals surface area (Å²) in [6, 6.07) is 5.32. The molecule has 0 aliphatic rings. The first-order chi connectivity index (χ1) is 8.90. The van der Waals surface area contributed by atoms with Gasteiger partial charge in [-0.2, -0.15) is 0 Å². The third kappa shape index (κ3) is 5.30. The first kappa shape index (κ1) is 15.5. The maximum absolute atomic E-state index is 11.3. The van der Waals surface area contributed by atoms with Crippen LogP contribution in [0.3, 0.4) is 0 Å². The quantitative estimate of drug-likeness (QED) is 0.717. The molecule has 0 saturated heterocycles. The second kappa shape index (κ2) is 7.13. The SMILES string of the molecule is CC(CCCC(=O)O)Nc1ccc(Br)cc1C(N)=O. The van der Waals surface area contributed by atoms with E-state index in [9.17, 15) is 9.59 Å². The van der Waals surface area contributed by atoms with Crippen molar-refractivity contribution >= 4 is 33.5 Å². The van der Waals surface area contributed by atoms with Gasteiger partial charge in [-0.1, -0.05) is 15.9 Å². The Morgan fingerprint density at radius 1 is 1.47 bits per heavy atom. The Hall–Kier alpha value is -1.56. The molecule has 1 aromatic carbocycles. The highest BCUT2D eigenvalue weighted by Crippen LogP contribution is 2.22. The van der Waals surface area contributed by atoms with Gasteiger partial charge < -0.3 is 16.2 Å². The molecule has 0 aliphatic carbocycles. The van der Waals surface area contributed by atoms with Gasteiger partial charge in [0.05, 0.1) is 5.56 Å². The van der Waals surface area contributed by atoms with Gasteiger partial charge in [0, 0.05) is 22.6 Å². The minimum Gasteiger partial charge on any atom is -0.481 e. The Morgan fingerprint density at radius 3 is 2.74 bits per heavy atom. The van der Waals surface area contributed by atoms with E-state index in [1.807, 2.05) is 13.0 Å². The summed E-state index contributed by atoms with van der Waals surface area (Å²) in [4.78, 5) is 21.8. The number of hydrogen-bond acceptors (Lipinski definition) is 3. The summed E-state index contributed by atoms with van der Waals surface area (Å²) in [7, 11) is 0. The van der Waals surface area contributed by atoms with E-state index in [0.29, 0.717) is 24.1 Å². The van der Waals surface area contributed by atoms with Crippen LogP contribution < -0.4 is 11.1 Å². The number of aliphatic carboxylic acids is 1. The lowest BCUT2D eigenvalue weighted by Crippen LogP contribution is -2.20. The van der Waals surface area contributed by atoms with Gasteiger partial charge in [-0.25, -0.2) is 0 Å². The molecule has 6 heteroatoms. The molecule has 1 aromatic rings. The van der Waals surface area contributed by atoms with Crippen LogP contribution in [0.15, 0.2) is 22.7 Å². The zero-order valence-corrected chi connectivity index (χ0v) is 12.2. The number of primary amides is 1. The minimum atomic E-state index is -0.798. The lowest BCUT2D eigenvalue weighted by Gasteiger charge is -2.17. The van der Waals surface area contributed by atoms with E-state index in [1.54, 1.807) is 12.1 Å². The average molecular weight is 329 g/mol. The molecule has 0 saturated carbocycles. The second-order valence-corrected chi connectivity index (χ2v) is 5.30. The number of amides is 1. The highest BCUT2D eigenvalue weighted by molar-refractivity contribution is 9.10. The fraction of sp³-hybridized carbons (Fsp3) is 0.385. The van der Waals surface area contributed by atoms with Crippen molar-refractivity contribution in [1.29, 1.82) is 0 Å². The molecule has 0 bridgehead atoms. The highest BCUT2D eigenvalue weighted by Gasteiger charge is 2.11. The van der Waals surface area contributed by atoms with Gasteiger partial charge >= 0.3 is 5.97 Å². The lowest BCUT2D eigenvalue weighted by molar-refractivity contribution is -0.137. The Labute approximate surface area is 120 Å². The van der Waals surface area contributed by atoms with Crippen LogP contribution in [0.1, 0.15) is 36.5 Å². The largest absolute Gasteiger partial charge is 0.481 e. The smallest absolute Gasteiger partial charge is 0.303 e. The molecular weight excluding hydrogens is 312 g/mol. The predicted molar refractivity (Wildman–Crippen MR) is 77.2 cm³/mol. The monoisotopic (exact) mass is 328 g/mol. The van der Waals surface area contributed by atoms with Gasteiger partial charge in [0.1, 0.15) is 0 Å². The molecule has 1 unspecified atom stereocenters. The van der Waals surface area contributed by atoms with Crippen molar-refractivity contribution in [2.75, 3.05) is 5.32 Å². The maximum atomic E-state index is 11.3. The number of hydrogen-bond donors (Lipinski definition) is 3. The van der Waals surface area contributed by atoms with Crippen molar-refractivity contribution in [3.8, 4) is 0 Å². The molecule has 0 heterocycles. The van der Waals surface area contributed by atoms with Crippen LogP contribution in [0, 0.1) is 0 Å². The number of anilines is 1. The van der Waals surface area contributed by atoms with Gasteiger partial charge in [-0.3, -0.25) is 9.59 Å².